The molecule has 0 aliphatic heterocycles. The lowest BCUT2D eigenvalue weighted by Crippen LogP contribution is -2.43. The zero-order chi connectivity index (χ0) is 16.2. The van der Waals surface area contributed by atoms with E-state index in [1.54, 1.807) is 0 Å². The van der Waals surface area contributed by atoms with Gasteiger partial charge in [-0.1, -0.05) is 12.1 Å². The van der Waals surface area contributed by atoms with E-state index >= 15 is 0 Å². The molecule has 0 spiro atoms. The number of amides is 2. The van der Waals surface area contributed by atoms with Crippen molar-refractivity contribution >= 4 is 11.8 Å². The smallest absolute Gasteiger partial charge is 0.347 e. The number of halogens is 5. The lowest BCUT2D eigenvalue weighted by Gasteiger charge is -2.22. The summed E-state index contributed by atoms with van der Waals surface area (Å²) in [6.07, 6.45) is -5.03. The third-order valence-electron chi connectivity index (χ3n) is 2.42. The standard InChI is InChI=1S/C12H11F5N2O2/c1-6(20)18-5-9(21)19-11(12(15,16)17)7-3-2-4-8(13)10(7)14/h2-4,11H,5H2,1H3,(H,18,20)(H,19,21)/t11-/m1/s1. The first kappa shape index (κ1) is 16.9. The number of benzene rings is 1. The second kappa shape index (κ2) is 6.51. The van der Waals surface area contributed by atoms with Crippen LogP contribution in [0.1, 0.15) is 18.5 Å². The van der Waals surface area contributed by atoms with Gasteiger partial charge in [0, 0.05) is 12.5 Å². The van der Waals surface area contributed by atoms with Gasteiger partial charge < -0.3 is 10.6 Å². The molecule has 2 amide bonds. The average molecular weight is 310 g/mol. The first-order chi connectivity index (χ1) is 9.62. The molecule has 0 aliphatic carbocycles. The molecule has 21 heavy (non-hydrogen) atoms. The Labute approximate surface area is 116 Å². The quantitative estimate of drug-likeness (QED) is 0.834. The molecular formula is C12H11F5N2O2. The molecule has 0 aromatic heterocycles. The van der Waals surface area contributed by atoms with Gasteiger partial charge in [-0.2, -0.15) is 13.2 Å². The van der Waals surface area contributed by atoms with Crippen LogP contribution in [0.4, 0.5) is 22.0 Å². The minimum Gasteiger partial charge on any atom is -0.347 e. The highest BCUT2D eigenvalue weighted by Gasteiger charge is 2.43. The van der Waals surface area contributed by atoms with Gasteiger partial charge in [0.2, 0.25) is 11.8 Å². The molecule has 0 fully saturated rings. The van der Waals surface area contributed by atoms with E-state index < -0.39 is 47.8 Å². The topological polar surface area (TPSA) is 58.2 Å². The lowest BCUT2D eigenvalue weighted by atomic mass is 10.1. The molecule has 0 aliphatic rings. The van der Waals surface area contributed by atoms with E-state index in [2.05, 4.69) is 0 Å². The number of hydrogen-bond acceptors (Lipinski definition) is 2. The van der Waals surface area contributed by atoms with Gasteiger partial charge in [0.15, 0.2) is 17.7 Å². The van der Waals surface area contributed by atoms with Crippen molar-refractivity contribution in [2.45, 2.75) is 19.1 Å². The molecule has 4 nitrogen and oxygen atoms in total. The van der Waals surface area contributed by atoms with E-state index in [4.69, 9.17) is 0 Å². The molecule has 1 aromatic carbocycles. The molecule has 0 unspecified atom stereocenters. The number of alkyl halides is 3. The molecule has 1 atom stereocenters. The number of carbonyl (C=O) groups excluding carboxylic acids is 2. The van der Waals surface area contributed by atoms with Crippen molar-refractivity contribution in [2.75, 3.05) is 6.54 Å². The molecule has 9 heteroatoms. The molecule has 0 bridgehead atoms. The van der Waals surface area contributed by atoms with Crippen molar-refractivity contribution in [1.29, 1.82) is 0 Å². The maximum atomic E-state index is 13.5. The fraction of sp³-hybridized carbons (Fsp3) is 0.333. The van der Waals surface area contributed by atoms with Gasteiger partial charge in [0.05, 0.1) is 6.54 Å². The van der Waals surface area contributed by atoms with Crippen LogP contribution in [0.2, 0.25) is 0 Å². The van der Waals surface area contributed by atoms with Gasteiger partial charge in [-0.3, -0.25) is 9.59 Å². The molecule has 0 saturated heterocycles. The van der Waals surface area contributed by atoms with Crippen molar-refractivity contribution in [2.24, 2.45) is 0 Å². The second-order valence-electron chi connectivity index (χ2n) is 4.09. The molecule has 2 N–H and O–H groups in total. The van der Waals surface area contributed by atoms with E-state index in [1.807, 2.05) is 5.32 Å². The van der Waals surface area contributed by atoms with Gasteiger partial charge >= 0.3 is 6.18 Å². The van der Waals surface area contributed by atoms with Gasteiger partial charge in [-0.15, -0.1) is 0 Å². The molecule has 1 aromatic rings. The SMILES string of the molecule is CC(=O)NCC(=O)N[C@H](c1cccc(F)c1F)C(F)(F)F. The minimum atomic E-state index is -5.03. The van der Waals surface area contributed by atoms with Crippen LogP contribution in [0.25, 0.3) is 0 Å². The van der Waals surface area contributed by atoms with Crippen LogP contribution in [-0.4, -0.2) is 24.5 Å². The summed E-state index contributed by atoms with van der Waals surface area (Å²) in [5, 5.41) is 3.50. The van der Waals surface area contributed by atoms with E-state index in [-0.39, 0.29) is 0 Å². The predicted octanol–water partition coefficient (Wildman–Crippen LogP) is 1.82. The Morgan fingerprint density at radius 1 is 1.24 bits per heavy atom. The van der Waals surface area contributed by atoms with Crippen LogP contribution in [0.15, 0.2) is 18.2 Å². The molecule has 0 heterocycles. The first-order valence-electron chi connectivity index (χ1n) is 5.67. The maximum absolute atomic E-state index is 13.5. The van der Waals surface area contributed by atoms with Gasteiger partial charge in [0.1, 0.15) is 0 Å². The molecule has 0 radical (unpaired) electrons. The predicted molar refractivity (Wildman–Crippen MR) is 62.0 cm³/mol. The molecular weight excluding hydrogens is 299 g/mol. The van der Waals surface area contributed by atoms with Crippen LogP contribution in [0.5, 0.6) is 0 Å². The van der Waals surface area contributed by atoms with Crippen LogP contribution in [0.3, 0.4) is 0 Å². The van der Waals surface area contributed by atoms with Crippen LogP contribution < -0.4 is 10.6 Å². The zero-order valence-electron chi connectivity index (χ0n) is 10.7. The highest BCUT2D eigenvalue weighted by Crippen LogP contribution is 2.34. The Balaban J connectivity index is 3.00. The Hall–Kier alpha value is -2.19. The van der Waals surface area contributed by atoms with Crippen molar-refractivity contribution in [3.8, 4) is 0 Å². The van der Waals surface area contributed by atoms with Crippen molar-refractivity contribution in [1.82, 2.24) is 10.6 Å². The maximum Gasteiger partial charge on any atom is 0.412 e. The normalized spacial score (nSPS) is 12.7. The van der Waals surface area contributed by atoms with E-state index in [1.165, 1.54) is 5.32 Å². The largest absolute Gasteiger partial charge is 0.412 e. The summed E-state index contributed by atoms with van der Waals surface area (Å²) in [7, 11) is 0. The van der Waals surface area contributed by atoms with Crippen LogP contribution in [-0.2, 0) is 9.59 Å². The third-order valence-corrected chi connectivity index (χ3v) is 2.42. The monoisotopic (exact) mass is 310 g/mol. The summed E-state index contributed by atoms with van der Waals surface area (Å²) in [5.74, 6) is -4.96. The summed E-state index contributed by atoms with van der Waals surface area (Å²) in [4.78, 5) is 21.9. The fourth-order valence-corrected chi connectivity index (χ4v) is 1.50. The van der Waals surface area contributed by atoms with E-state index in [9.17, 15) is 31.5 Å². The molecule has 116 valence electrons. The Morgan fingerprint density at radius 2 is 1.86 bits per heavy atom. The zero-order valence-corrected chi connectivity index (χ0v) is 10.7. The molecule has 0 saturated carbocycles. The third kappa shape index (κ3) is 4.69. The summed E-state index contributed by atoms with van der Waals surface area (Å²) >= 11 is 0. The first-order valence-corrected chi connectivity index (χ1v) is 5.67. The second-order valence-corrected chi connectivity index (χ2v) is 4.09. The Kier molecular flexibility index (Phi) is 5.23. The van der Waals surface area contributed by atoms with Crippen LogP contribution in [0, 0.1) is 11.6 Å². The van der Waals surface area contributed by atoms with Crippen molar-refractivity contribution < 1.29 is 31.5 Å². The number of hydrogen-bond donors (Lipinski definition) is 2. The summed E-state index contributed by atoms with van der Waals surface area (Å²) in [6, 6.07) is -0.443. The number of nitrogens with one attached hydrogen (secondary N) is 2. The van der Waals surface area contributed by atoms with Gasteiger partial charge in [0.25, 0.3) is 0 Å². The highest BCUT2D eigenvalue weighted by atomic mass is 19.4. The van der Waals surface area contributed by atoms with E-state index in [0.717, 1.165) is 19.1 Å². The van der Waals surface area contributed by atoms with Gasteiger partial charge in [-0.05, 0) is 6.07 Å². The summed E-state index contributed by atoms with van der Waals surface area (Å²) < 4.78 is 65.1. The minimum absolute atomic E-state index is 0.620. The number of rotatable bonds is 4. The Bertz CT molecular complexity index is 545. The van der Waals surface area contributed by atoms with Crippen LogP contribution >= 0.6 is 0 Å². The van der Waals surface area contributed by atoms with E-state index in [0.29, 0.717) is 6.07 Å². The van der Waals surface area contributed by atoms with Crippen molar-refractivity contribution in [3.63, 3.8) is 0 Å². The lowest BCUT2D eigenvalue weighted by molar-refractivity contribution is -0.163. The number of carbonyl (C=O) groups is 2. The van der Waals surface area contributed by atoms with Gasteiger partial charge in [-0.25, -0.2) is 8.78 Å². The Morgan fingerprint density at radius 3 is 2.38 bits per heavy atom. The fourth-order valence-electron chi connectivity index (χ4n) is 1.50. The highest BCUT2D eigenvalue weighted by molar-refractivity contribution is 5.83. The summed E-state index contributed by atoms with van der Waals surface area (Å²) in [6.45, 7) is 0.361. The average Bonchev–Trinajstić information content (AvgIpc) is 2.36. The molecule has 1 rings (SSSR count). The van der Waals surface area contributed by atoms with Crippen molar-refractivity contribution in [3.05, 3.63) is 35.4 Å². The summed E-state index contributed by atoms with van der Waals surface area (Å²) in [5.41, 5.74) is -1.04.